The number of ether oxygens (including phenoxy) is 1. The molecule has 1 aromatic carbocycles. The van der Waals surface area contributed by atoms with Gasteiger partial charge in [-0.3, -0.25) is 0 Å². The van der Waals surface area contributed by atoms with E-state index in [1.807, 2.05) is 0 Å². The summed E-state index contributed by atoms with van der Waals surface area (Å²) >= 11 is 9.48. The Hall–Kier alpha value is -0.210. The van der Waals surface area contributed by atoms with Crippen LogP contribution in [0.2, 0.25) is 0 Å². The highest BCUT2D eigenvalue weighted by Crippen LogP contribution is 2.36. The fraction of sp³-hybridized carbons (Fsp3) is 0.455. The maximum Gasteiger partial charge on any atom is 0.126 e. The van der Waals surface area contributed by atoms with Crippen molar-refractivity contribution < 1.29 is 4.74 Å². The summed E-state index contributed by atoms with van der Waals surface area (Å²) in [5, 5.41) is 0. The molecule has 0 amide bonds. The van der Waals surface area contributed by atoms with Gasteiger partial charge in [0.25, 0.3) is 0 Å². The van der Waals surface area contributed by atoms with Crippen LogP contribution in [0.5, 0.6) is 5.75 Å². The van der Waals surface area contributed by atoms with Crippen LogP contribution >= 0.6 is 27.5 Å². The summed E-state index contributed by atoms with van der Waals surface area (Å²) in [6.07, 6.45) is 0. The van der Waals surface area contributed by atoms with Gasteiger partial charge in [0, 0.05) is 10.0 Å². The first-order valence-corrected chi connectivity index (χ1v) is 5.75. The predicted molar refractivity (Wildman–Crippen MR) is 64.5 cm³/mol. The highest BCUT2D eigenvalue weighted by Gasteiger charge is 2.15. The molecule has 0 aliphatic rings. The van der Waals surface area contributed by atoms with E-state index in [-0.39, 0.29) is 0 Å². The molecule has 0 saturated carbocycles. The number of benzene rings is 1. The minimum Gasteiger partial charge on any atom is -0.496 e. The Bertz CT molecular complexity index is 326. The van der Waals surface area contributed by atoms with Crippen molar-refractivity contribution in [3.05, 3.63) is 26.7 Å². The van der Waals surface area contributed by atoms with E-state index in [1.54, 1.807) is 7.11 Å². The van der Waals surface area contributed by atoms with Crippen LogP contribution in [0.15, 0.2) is 4.47 Å². The Balaban J connectivity index is 3.57. The molecule has 0 unspecified atom stereocenters. The molecule has 0 N–H and O–H groups in total. The highest BCUT2D eigenvalue weighted by atomic mass is 79.9. The molecule has 0 fully saturated rings. The summed E-state index contributed by atoms with van der Waals surface area (Å²) in [6, 6.07) is 0. The normalized spacial score (nSPS) is 10.4. The molecule has 0 radical (unpaired) electrons. The van der Waals surface area contributed by atoms with E-state index < -0.39 is 0 Å². The van der Waals surface area contributed by atoms with E-state index in [0.29, 0.717) is 5.88 Å². The summed E-state index contributed by atoms with van der Waals surface area (Å²) < 4.78 is 6.51. The van der Waals surface area contributed by atoms with Crippen LogP contribution in [0.4, 0.5) is 0 Å². The average Bonchev–Trinajstić information content (AvgIpc) is 2.20. The van der Waals surface area contributed by atoms with Crippen molar-refractivity contribution in [1.82, 2.24) is 0 Å². The number of rotatable bonds is 2. The number of hydrogen-bond acceptors (Lipinski definition) is 1. The molecule has 1 rings (SSSR count). The molecule has 14 heavy (non-hydrogen) atoms. The second kappa shape index (κ2) is 4.54. The third-order valence-electron chi connectivity index (χ3n) is 2.63. The van der Waals surface area contributed by atoms with Gasteiger partial charge in [-0.25, -0.2) is 0 Å². The summed E-state index contributed by atoms with van der Waals surface area (Å²) in [4.78, 5) is 0. The van der Waals surface area contributed by atoms with E-state index in [1.165, 1.54) is 11.1 Å². The van der Waals surface area contributed by atoms with Crippen molar-refractivity contribution >= 4 is 27.5 Å². The Morgan fingerprint density at radius 2 is 1.71 bits per heavy atom. The third kappa shape index (κ3) is 1.78. The Labute approximate surface area is 98.5 Å². The van der Waals surface area contributed by atoms with Gasteiger partial charge in [0.15, 0.2) is 0 Å². The first-order valence-electron chi connectivity index (χ1n) is 4.42. The standard InChI is InChI=1S/C11H14BrClO/c1-6-7(2)11(14-4)9(5-13)8(3)10(6)12/h5H2,1-4H3. The summed E-state index contributed by atoms with van der Waals surface area (Å²) in [6.45, 7) is 6.18. The monoisotopic (exact) mass is 276 g/mol. The molecule has 1 aromatic rings. The van der Waals surface area contributed by atoms with Crippen molar-refractivity contribution in [2.24, 2.45) is 0 Å². The first-order chi connectivity index (χ1) is 6.54. The van der Waals surface area contributed by atoms with E-state index in [0.717, 1.165) is 21.3 Å². The van der Waals surface area contributed by atoms with Crippen LogP contribution in [0.3, 0.4) is 0 Å². The molecule has 0 bridgehead atoms. The molecule has 0 aliphatic carbocycles. The molecule has 0 spiro atoms. The van der Waals surface area contributed by atoms with Crippen molar-refractivity contribution in [3.63, 3.8) is 0 Å². The minimum atomic E-state index is 0.481. The van der Waals surface area contributed by atoms with Crippen molar-refractivity contribution in [2.45, 2.75) is 26.7 Å². The van der Waals surface area contributed by atoms with Gasteiger partial charge in [-0.05, 0) is 37.5 Å². The van der Waals surface area contributed by atoms with Gasteiger partial charge in [0.1, 0.15) is 5.75 Å². The summed E-state index contributed by atoms with van der Waals surface area (Å²) in [5.41, 5.74) is 4.61. The highest BCUT2D eigenvalue weighted by molar-refractivity contribution is 9.10. The Kier molecular flexibility index (Phi) is 3.85. The Morgan fingerprint density at radius 1 is 1.14 bits per heavy atom. The number of halogens is 2. The molecular formula is C11H14BrClO. The molecule has 0 aromatic heterocycles. The fourth-order valence-corrected chi connectivity index (χ4v) is 2.44. The topological polar surface area (TPSA) is 9.23 Å². The Morgan fingerprint density at radius 3 is 2.14 bits per heavy atom. The first kappa shape index (κ1) is 11.9. The molecule has 3 heteroatoms. The van der Waals surface area contributed by atoms with Crippen LogP contribution < -0.4 is 4.74 Å². The predicted octanol–water partition coefficient (Wildman–Crippen LogP) is 4.12. The van der Waals surface area contributed by atoms with Crippen molar-refractivity contribution in [3.8, 4) is 5.75 Å². The second-order valence-corrected chi connectivity index (χ2v) is 4.39. The van der Waals surface area contributed by atoms with E-state index in [4.69, 9.17) is 16.3 Å². The van der Waals surface area contributed by atoms with Gasteiger partial charge in [0.05, 0.1) is 13.0 Å². The van der Waals surface area contributed by atoms with Gasteiger partial charge in [0.2, 0.25) is 0 Å². The third-order valence-corrected chi connectivity index (χ3v) is 4.08. The molecule has 0 heterocycles. The maximum absolute atomic E-state index is 5.91. The molecule has 78 valence electrons. The second-order valence-electron chi connectivity index (χ2n) is 3.33. The zero-order valence-electron chi connectivity index (χ0n) is 8.87. The van der Waals surface area contributed by atoms with Crippen LogP contribution in [-0.2, 0) is 5.88 Å². The van der Waals surface area contributed by atoms with E-state index >= 15 is 0 Å². The largest absolute Gasteiger partial charge is 0.496 e. The molecule has 0 atom stereocenters. The average molecular weight is 278 g/mol. The van der Waals surface area contributed by atoms with Gasteiger partial charge in [-0.15, -0.1) is 11.6 Å². The zero-order chi connectivity index (χ0) is 10.9. The lowest BCUT2D eigenvalue weighted by Crippen LogP contribution is -2.00. The zero-order valence-corrected chi connectivity index (χ0v) is 11.2. The number of hydrogen-bond donors (Lipinski definition) is 0. The minimum absolute atomic E-state index is 0.481. The summed E-state index contributed by atoms with van der Waals surface area (Å²) in [5.74, 6) is 1.40. The quantitative estimate of drug-likeness (QED) is 0.739. The molecular weight excluding hydrogens is 263 g/mol. The van der Waals surface area contributed by atoms with Crippen molar-refractivity contribution in [2.75, 3.05) is 7.11 Å². The van der Waals surface area contributed by atoms with Crippen LogP contribution in [0, 0.1) is 20.8 Å². The summed E-state index contributed by atoms with van der Waals surface area (Å²) in [7, 11) is 1.69. The molecule has 0 saturated heterocycles. The van der Waals surface area contributed by atoms with Gasteiger partial charge in [-0.1, -0.05) is 15.9 Å². The van der Waals surface area contributed by atoms with Crippen molar-refractivity contribution in [1.29, 1.82) is 0 Å². The van der Waals surface area contributed by atoms with Gasteiger partial charge in [-0.2, -0.15) is 0 Å². The molecule has 1 nitrogen and oxygen atoms in total. The van der Waals surface area contributed by atoms with Gasteiger partial charge >= 0.3 is 0 Å². The van der Waals surface area contributed by atoms with Crippen LogP contribution in [0.1, 0.15) is 22.3 Å². The lowest BCUT2D eigenvalue weighted by molar-refractivity contribution is 0.407. The van der Waals surface area contributed by atoms with Gasteiger partial charge < -0.3 is 4.74 Å². The maximum atomic E-state index is 5.91. The lowest BCUT2D eigenvalue weighted by atomic mass is 10.00. The van der Waals surface area contributed by atoms with Crippen LogP contribution in [0.25, 0.3) is 0 Å². The van der Waals surface area contributed by atoms with E-state index in [9.17, 15) is 0 Å². The molecule has 0 aliphatic heterocycles. The number of methoxy groups -OCH3 is 1. The SMILES string of the molecule is COc1c(C)c(C)c(Br)c(C)c1CCl. The smallest absolute Gasteiger partial charge is 0.126 e. The van der Waals surface area contributed by atoms with Crippen LogP contribution in [-0.4, -0.2) is 7.11 Å². The number of alkyl halides is 1. The lowest BCUT2D eigenvalue weighted by Gasteiger charge is -2.17. The fourth-order valence-electron chi connectivity index (χ4n) is 1.58. The van der Waals surface area contributed by atoms with E-state index in [2.05, 4.69) is 36.7 Å².